The molecule has 4 heterocycles. The van der Waals surface area contributed by atoms with Crippen LogP contribution in [0, 0.1) is 23.5 Å². The number of hydrogen-bond acceptors (Lipinski definition) is 6. The molecule has 2 aliphatic heterocycles. The van der Waals surface area contributed by atoms with Crippen molar-refractivity contribution < 1.29 is 17.2 Å². The summed E-state index contributed by atoms with van der Waals surface area (Å²) in [4.78, 5) is 2.13. The molecule has 8 nitrogen and oxygen atoms in total. The van der Waals surface area contributed by atoms with Crippen molar-refractivity contribution in [2.45, 2.75) is 5.75 Å². The van der Waals surface area contributed by atoms with Crippen LogP contribution < -0.4 is 4.90 Å². The zero-order chi connectivity index (χ0) is 20.2. The van der Waals surface area contributed by atoms with Crippen LogP contribution in [-0.2, 0) is 15.8 Å². The van der Waals surface area contributed by atoms with Gasteiger partial charge in [-0.15, -0.1) is 15.3 Å². The Bertz CT molecular complexity index is 1170. The van der Waals surface area contributed by atoms with Crippen molar-refractivity contribution in [3.8, 4) is 0 Å². The molecule has 2 saturated heterocycles. The average molecular weight is 420 g/mol. The maximum absolute atomic E-state index is 13.9. The molecule has 2 aliphatic rings. The van der Waals surface area contributed by atoms with E-state index in [1.807, 2.05) is 12.1 Å². The molecule has 11 heteroatoms. The molecule has 0 aliphatic carbocycles. The summed E-state index contributed by atoms with van der Waals surface area (Å²) < 4.78 is 55.8. The maximum Gasteiger partial charge on any atom is 0.218 e. The lowest BCUT2D eigenvalue weighted by molar-refractivity contribution is 0.451. The molecule has 0 radical (unpaired) electrons. The predicted octanol–water partition coefficient (Wildman–Crippen LogP) is 1.30. The van der Waals surface area contributed by atoms with Crippen molar-refractivity contribution in [2.75, 3.05) is 31.1 Å². The first-order valence-corrected chi connectivity index (χ1v) is 10.8. The van der Waals surface area contributed by atoms with Gasteiger partial charge < -0.3 is 4.90 Å². The van der Waals surface area contributed by atoms with E-state index in [1.54, 1.807) is 4.52 Å². The molecule has 0 spiro atoms. The fourth-order valence-electron chi connectivity index (χ4n) is 4.19. The Hall–Kier alpha value is -2.66. The highest BCUT2D eigenvalue weighted by molar-refractivity contribution is 7.88. The highest BCUT2D eigenvalue weighted by Crippen LogP contribution is 2.35. The lowest BCUT2D eigenvalue weighted by atomic mass is 10.0. The van der Waals surface area contributed by atoms with Crippen LogP contribution in [0.2, 0.25) is 0 Å². The molecular weight excluding hydrogens is 402 g/mol. The van der Waals surface area contributed by atoms with Gasteiger partial charge in [-0.2, -0.15) is 4.52 Å². The van der Waals surface area contributed by atoms with Gasteiger partial charge in [-0.05, 0) is 42.2 Å². The van der Waals surface area contributed by atoms with Crippen LogP contribution >= 0.6 is 0 Å². The van der Waals surface area contributed by atoms with Crippen LogP contribution in [0.25, 0.3) is 5.65 Å². The van der Waals surface area contributed by atoms with Crippen LogP contribution in [0.15, 0.2) is 36.7 Å². The summed E-state index contributed by atoms with van der Waals surface area (Å²) in [5.41, 5.74) is 0.519. The summed E-state index contributed by atoms with van der Waals surface area (Å²) in [7, 11) is -3.73. The minimum Gasteiger partial charge on any atom is -0.355 e. The molecule has 0 bridgehead atoms. The number of aromatic nitrogens is 4. The van der Waals surface area contributed by atoms with Crippen LogP contribution in [0.3, 0.4) is 0 Å². The van der Waals surface area contributed by atoms with E-state index in [4.69, 9.17) is 0 Å². The second-order valence-corrected chi connectivity index (χ2v) is 9.53. The van der Waals surface area contributed by atoms with Gasteiger partial charge in [-0.25, -0.2) is 21.5 Å². The quantitative estimate of drug-likeness (QED) is 0.633. The number of rotatable bonds is 4. The van der Waals surface area contributed by atoms with Crippen LogP contribution in [0.4, 0.5) is 14.6 Å². The van der Waals surface area contributed by atoms with Crippen molar-refractivity contribution >= 4 is 21.5 Å². The monoisotopic (exact) mass is 420 g/mol. The molecule has 0 amide bonds. The number of fused-ring (bicyclic) bond motifs is 2. The first-order valence-electron chi connectivity index (χ1n) is 9.23. The zero-order valence-electron chi connectivity index (χ0n) is 15.3. The standard InChI is InChI=1S/C18H18F2N6O2S/c19-15-1-2-16(20)12(5-15)10-29(27,28)25-8-13-6-24(7-14(13)9-25)18-4-3-17-22-21-11-26(17)23-18/h1-5,11,13-14H,6-10H2. The Balaban J connectivity index is 1.28. The number of halogens is 2. The molecule has 152 valence electrons. The first-order chi connectivity index (χ1) is 13.9. The zero-order valence-corrected chi connectivity index (χ0v) is 16.1. The Labute approximate surface area is 165 Å². The molecular formula is C18H18F2N6O2S. The average Bonchev–Trinajstić information content (AvgIpc) is 3.37. The van der Waals surface area contributed by atoms with E-state index in [2.05, 4.69) is 20.2 Å². The Kier molecular flexibility index (Phi) is 4.24. The molecule has 3 aromatic rings. The minimum atomic E-state index is -3.73. The van der Waals surface area contributed by atoms with Crippen molar-refractivity contribution in [1.82, 2.24) is 24.1 Å². The minimum absolute atomic E-state index is 0.143. The molecule has 2 atom stereocenters. The Morgan fingerprint density at radius 2 is 1.79 bits per heavy atom. The van der Waals surface area contributed by atoms with Crippen molar-refractivity contribution in [1.29, 1.82) is 0 Å². The largest absolute Gasteiger partial charge is 0.355 e. The third kappa shape index (κ3) is 3.33. The molecule has 5 rings (SSSR count). The summed E-state index contributed by atoms with van der Waals surface area (Å²) in [6, 6.07) is 6.60. The summed E-state index contributed by atoms with van der Waals surface area (Å²) in [6.45, 7) is 2.11. The van der Waals surface area contributed by atoms with Gasteiger partial charge in [0.2, 0.25) is 10.0 Å². The highest BCUT2D eigenvalue weighted by atomic mass is 32.2. The fraction of sp³-hybridized carbons (Fsp3) is 0.389. The molecule has 0 N–H and O–H groups in total. The highest BCUT2D eigenvalue weighted by Gasteiger charge is 2.44. The SMILES string of the molecule is O=S(=O)(Cc1cc(F)ccc1F)N1CC2CN(c3ccc4nncn4n3)CC2C1. The maximum atomic E-state index is 13.9. The number of benzene rings is 1. The van der Waals surface area contributed by atoms with E-state index in [9.17, 15) is 17.2 Å². The summed E-state index contributed by atoms with van der Waals surface area (Å²) in [5, 5.41) is 12.2. The summed E-state index contributed by atoms with van der Waals surface area (Å²) in [5.74, 6) is -0.769. The lowest BCUT2D eigenvalue weighted by Gasteiger charge is -2.22. The van der Waals surface area contributed by atoms with E-state index < -0.39 is 27.4 Å². The topological polar surface area (TPSA) is 83.7 Å². The fourth-order valence-corrected chi connectivity index (χ4v) is 5.83. The normalized spacial score (nSPS) is 22.5. The van der Waals surface area contributed by atoms with E-state index in [0.29, 0.717) is 31.8 Å². The Morgan fingerprint density at radius 1 is 1.03 bits per heavy atom. The van der Waals surface area contributed by atoms with Gasteiger partial charge in [0.15, 0.2) is 5.65 Å². The Morgan fingerprint density at radius 3 is 2.55 bits per heavy atom. The van der Waals surface area contributed by atoms with Gasteiger partial charge in [0, 0.05) is 31.7 Å². The van der Waals surface area contributed by atoms with E-state index in [1.165, 1.54) is 10.6 Å². The third-order valence-electron chi connectivity index (χ3n) is 5.66. The summed E-state index contributed by atoms with van der Waals surface area (Å²) in [6.07, 6.45) is 1.54. The number of nitrogens with zero attached hydrogens (tertiary/aromatic N) is 6. The van der Waals surface area contributed by atoms with Gasteiger partial charge in [0.1, 0.15) is 23.8 Å². The molecule has 2 fully saturated rings. The lowest BCUT2D eigenvalue weighted by Crippen LogP contribution is -2.34. The van der Waals surface area contributed by atoms with Crippen LogP contribution in [0.5, 0.6) is 0 Å². The molecule has 2 unspecified atom stereocenters. The van der Waals surface area contributed by atoms with Gasteiger partial charge >= 0.3 is 0 Å². The summed E-state index contributed by atoms with van der Waals surface area (Å²) >= 11 is 0. The third-order valence-corrected chi connectivity index (χ3v) is 7.42. The van der Waals surface area contributed by atoms with Gasteiger partial charge in [0.25, 0.3) is 0 Å². The molecule has 29 heavy (non-hydrogen) atoms. The van der Waals surface area contributed by atoms with Crippen molar-refractivity contribution in [3.63, 3.8) is 0 Å². The van der Waals surface area contributed by atoms with E-state index in [-0.39, 0.29) is 17.4 Å². The second kappa shape index (κ2) is 6.70. The molecule has 1 aromatic carbocycles. The van der Waals surface area contributed by atoms with Crippen molar-refractivity contribution in [2.24, 2.45) is 11.8 Å². The number of sulfonamides is 1. The van der Waals surface area contributed by atoms with E-state index >= 15 is 0 Å². The first kappa shape index (κ1) is 18.4. The van der Waals surface area contributed by atoms with Crippen LogP contribution in [0.1, 0.15) is 5.56 Å². The van der Waals surface area contributed by atoms with Crippen LogP contribution in [-0.4, -0.2) is 58.7 Å². The predicted molar refractivity (Wildman–Crippen MR) is 101 cm³/mol. The van der Waals surface area contributed by atoms with Gasteiger partial charge in [-0.3, -0.25) is 0 Å². The van der Waals surface area contributed by atoms with E-state index in [0.717, 1.165) is 24.0 Å². The molecule has 2 aromatic heterocycles. The smallest absolute Gasteiger partial charge is 0.218 e. The van der Waals surface area contributed by atoms with Gasteiger partial charge in [-0.1, -0.05) is 0 Å². The molecule has 0 saturated carbocycles. The van der Waals surface area contributed by atoms with Crippen molar-refractivity contribution in [3.05, 3.63) is 53.9 Å². The number of anilines is 1. The second-order valence-electron chi connectivity index (χ2n) is 7.56. The number of hydrogen-bond donors (Lipinski definition) is 0. The van der Waals surface area contributed by atoms with Gasteiger partial charge in [0.05, 0.1) is 5.75 Å².